The van der Waals surface area contributed by atoms with Gasteiger partial charge in [-0.05, 0) is 26.2 Å². The van der Waals surface area contributed by atoms with Gasteiger partial charge < -0.3 is 0 Å². The zero-order valence-electron chi connectivity index (χ0n) is 9.26. The largest absolute Gasteiger partial charge is 0.103 e. The Kier molecular flexibility index (Phi) is 19.7. The molecule has 0 unspecified atom stereocenters. The van der Waals surface area contributed by atoms with Gasteiger partial charge in [0.15, 0.2) is 0 Å². The van der Waals surface area contributed by atoms with Gasteiger partial charge in [0, 0.05) is 0 Å². The highest BCUT2D eigenvalue weighted by Gasteiger charge is 1.77. The molecule has 0 bridgehead atoms. The summed E-state index contributed by atoms with van der Waals surface area (Å²) in [6, 6.07) is 0. The second-order valence-electron chi connectivity index (χ2n) is 2.88. The number of hydrogen-bond donors (Lipinski definition) is 0. The van der Waals surface area contributed by atoms with E-state index >= 15 is 0 Å². The molecule has 76 valence electrons. The van der Waals surface area contributed by atoms with Gasteiger partial charge in [0.05, 0.1) is 0 Å². The van der Waals surface area contributed by atoms with Crippen molar-refractivity contribution in [3.63, 3.8) is 0 Å². The normalized spacial score (nSPS) is 9.08. The van der Waals surface area contributed by atoms with Crippen LogP contribution in [0.3, 0.4) is 0 Å². The van der Waals surface area contributed by atoms with Crippen LogP contribution in [0, 0.1) is 0 Å². The Hall–Kier alpha value is -0.780. The SMILES string of the molecule is C=CC/C=C/C.C=CCCCCC. The second-order valence-corrected chi connectivity index (χ2v) is 2.88. The molecule has 0 aliphatic heterocycles. The lowest BCUT2D eigenvalue weighted by molar-refractivity contribution is 0.730. The van der Waals surface area contributed by atoms with Crippen molar-refractivity contribution >= 4 is 0 Å². The molecule has 0 saturated heterocycles. The molecule has 0 heterocycles. The van der Waals surface area contributed by atoms with E-state index in [0.717, 1.165) is 6.42 Å². The first-order chi connectivity index (χ1) is 6.33. The Labute approximate surface area is 84.1 Å². The Balaban J connectivity index is 0. The van der Waals surface area contributed by atoms with E-state index in [9.17, 15) is 0 Å². The van der Waals surface area contributed by atoms with Gasteiger partial charge in [0.25, 0.3) is 0 Å². The Morgan fingerprint density at radius 1 is 1.08 bits per heavy atom. The van der Waals surface area contributed by atoms with Gasteiger partial charge in [0.1, 0.15) is 0 Å². The van der Waals surface area contributed by atoms with Crippen molar-refractivity contribution in [2.24, 2.45) is 0 Å². The third kappa shape index (κ3) is 24.7. The zero-order valence-corrected chi connectivity index (χ0v) is 9.26. The summed E-state index contributed by atoms with van der Waals surface area (Å²) in [6.07, 6.45) is 14.1. The molecule has 0 atom stereocenters. The Morgan fingerprint density at radius 2 is 1.77 bits per heavy atom. The standard InChI is InChI=1S/C7H14.C6H10/c1-3-5-7-6-4-2;1-3-5-6-4-2/h3H,1,4-7H2,2H3;3-4,6H,1,5H2,2H3/b;6-4+. The number of hydrogen-bond acceptors (Lipinski definition) is 0. The van der Waals surface area contributed by atoms with Crippen LogP contribution in [-0.2, 0) is 0 Å². The fourth-order valence-electron chi connectivity index (χ4n) is 0.771. The van der Waals surface area contributed by atoms with E-state index in [2.05, 4.69) is 26.2 Å². The summed E-state index contributed by atoms with van der Waals surface area (Å²) in [4.78, 5) is 0. The molecule has 0 fully saturated rings. The maximum Gasteiger partial charge on any atom is -0.0172 e. The molecule has 0 aromatic rings. The van der Waals surface area contributed by atoms with Gasteiger partial charge in [-0.3, -0.25) is 0 Å². The molecule has 0 saturated carbocycles. The zero-order chi connectivity index (χ0) is 10.4. The van der Waals surface area contributed by atoms with Crippen LogP contribution >= 0.6 is 0 Å². The van der Waals surface area contributed by atoms with Crippen molar-refractivity contribution in [2.75, 3.05) is 0 Å². The van der Waals surface area contributed by atoms with Crippen molar-refractivity contribution in [1.82, 2.24) is 0 Å². The predicted molar refractivity (Wildman–Crippen MR) is 64.0 cm³/mol. The molecule has 0 heteroatoms. The van der Waals surface area contributed by atoms with Crippen molar-refractivity contribution < 1.29 is 0 Å². The maximum absolute atomic E-state index is 3.63. The van der Waals surface area contributed by atoms with Crippen LogP contribution in [0.4, 0.5) is 0 Å². The third-order valence-electron chi connectivity index (χ3n) is 1.55. The molecular weight excluding hydrogens is 156 g/mol. The number of allylic oxidation sites excluding steroid dienone is 4. The van der Waals surface area contributed by atoms with Gasteiger partial charge in [-0.15, -0.1) is 13.2 Å². The summed E-state index contributed by atoms with van der Waals surface area (Å²) in [5, 5.41) is 0. The minimum Gasteiger partial charge on any atom is -0.103 e. The first-order valence-corrected chi connectivity index (χ1v) is 5.16. The highest BCUT2D eigenvalue weighted by Crippen LogP contribution is 1.97. The van der Waals surface area contributed by atoms with Crippen LogP contribution in [0.5, 0.6) is 0 Å². The highest BCUT2D eigenvalue weighted by molar-refractivity contribution is 4.85. The lowest BCUT2D eigenvalue weighted by Gasteiger charge is -1.87. The summed E-state index contributed by atoms with van der Waals surface area (Å²) < 4.78 is 0. The van der Waals surface area contributed by atoms with Crippen molar-refractivity contribution in [3.8, 4) is 0 Å². The molecule has 0 aliphatic rings. The highest BCUT2D eigenvalue weighted by atomic mass is 13.8. The molecule has 0 radical (unpaired) electrons. The van der Waals surface area contributed by atoms with E-state index in [1.165, 1.54) is 25.7 Å². The molecule has 0 aliphatic carbocycles. The van der Waals surface area contributed by atoms with E-state index in [-0.39, 0.29) is 0 Å². The average molecular weight is 180 g/mol. The molecule has 0 N–H and O–H groups in total. The van der Waals surface area contributed by atoms with Gasteiger partial charge in [0.2, 0.25) is 0 Å². The summed E-state index contributed by atoms with van der Waals surface area (Å²) in [6.45, 7) is 11.4. The summed E-state index contributed by atoms with van der Waals surface area (Å²) in [5.41, 5.74) is 0. The topological polar surface area (TPSA) is 0 Å². The first kappa shape index (κ1) is 14.7. The molecule has 0 aromatic heterocycles. The van der Waals surface area contributed by atoms with Gasteiger partial charge in [-0.2, -0.15) is 0 Å². The minimum absolute atomic E-state index is 0.997. The van der Waals surface area contributed by atoms with E-state index < -0.39 is 0 Å². The van der Waals surface area contributed by atoms with Crippen molar-refractivity contribution in [2.45, 2.75) is 46.0 Å². The fourth-order valence-corrected chi connectivity index (χ4v) is 0.771. The molecule has 0 rings (SSSR count). The summed E-state index contributed by atoms with van der Waals surface area (Å²) in [5.74, 6) is 0. The lowest BCUT2D eigenvalue weighted by Crippen LogP contribution is -1.67. The predicted octanol–water partition coefficient (Wildman–Crippen LogP) is 4.89. The van der Waals surface area contributed by atoms with E-state index in [4.69, 9.17) is 0 Å². The Morgan fingerprint density at radius 3 is 2.08 bits per heavy atom. The number of unbranched alkanes of at least 4 members (excludes halogenated alkanes) is 3. The van der Waals surface area contributed by atoms with Gasteiger partial charge in [-0.25, -0.2) is 0 Å². The Bertz CT molecular complexity index is 120. The van der Waals surface area contributed by atoms with Crippen LogP contribution in [-0.4, -0.2) is 0 Å². The van der Waals surface area contributed by atoms with Crippen molar-refractivity contribution in [3.05, 3.63) is 37.5 Å². The van der Waals surface area contributed by atoms with E-state index in [1.807, 2.05) is 25.2 Å². The second kappa shape index (κ2) is 17.3. The molecule has 0 nitrogen and oxygen atoms in total. The van der Waals surface area contributed by atoms with Crippen LogP contribution in [0.2, 0.25) is 0 Å². The average Bonchev–Trinajstić information content (AvgIpc) is 2.17. The van der Waals surface area contributed by atoms with Gasteiger partial charge >= 0.3 is 0 Å². The monoisotopic (exact) mass is 180 g/mol. The fraction of sp³-hybridized carbons (Fsp3) is 0.538. The van der Waals surface area contributed by atoms with Crippen LogP contribution in [0.15, 0.2) is 37.5 Å². The molecule has 0 spiro atoms. The quantitative estimate of drug-likeness (QED) is 0.403. The smallest absolute Gasteiger partial charge is 0.0172 e. The first-order valence-electron chi connectivity index (χ1n) is 5.16. The molecular formula is C13H24. The van der Waals surface area contributed by atoms with Crippen LogP contribution in [0.1, 0.15) is 46.0 Å². The van der Waals surface area contributed by atoms with Crippen LogP contribution < -0.4 is 0 Å². The van der Waals surface area contributed by atoms with E-state index in [1.54, 1.807) is 0 Å². The molecule has 13 heavy (non-hydrogen) atoms. The molecule has 0 amide bonds. The minimum atomic E-state index is 0.997. The lowest BCUT2D eigenvalue weighted by atomic mass is 10.2. The summed E-state index contributed by atoms with van der Waals surface area (Å²) >= 11 is 0. The maximum atomic E-state index is 3.63. The molecule has 0 aromatic carbocycles. The summed E-state index contributed by atoms with van der Waals surface area (Å²) in [7, 11) is 0. The van der Waals surface area contributed by atoms with Gasteiger partial charge in [-0.1, -0.05) is 44.1 Å². The third-order valence-corrected chi connectivity index (χ3v) is 1.55. The van der Waals surface area contributed by atoms with E-state index in [0.29, 0.717) is 0 Å². The number of rotatable bonds is 6. The van der Waals surface area contributed by atoms with Crippen molar-refractivity contribution in [1.29, 1.82) is 0 Å². The van der Waals surface area contributed by atoms with Crippen LogP contribution in [0.25, 0.3) is 0 Å².